The molecule has 320 valence electrons. The maximum Gasteiger partial charge on any atom is 0.373 e. The first kappa shape index (κ1) is 49.2. The number of ether oxygens (including phenoxy) is 6. The van der Waals surface area contributed by atoms with E-state index in [0.29, 0.717) is 24.8 Å². The molecule has 0 saturated carbocycles. The molecule has 1 saturated heterocycles. The molecule has 56 heavy (non-hydrogen) atoms. The lowest BCUT2D eigenvalue weighted by molar-refractivity contribution is -0.329. The Morgan fingerprint density at radius 3 is 2.12 bits per heavy atom. The Balaban J connectivity index is 2.55. The second-order valence-corrected chi connectivity index (χ2v) is 16.7. The summed E-state index contributed by atoms with van der Waals surface area (Å²) < 4.78 is 36.0. The van der Waals surface area contributed by atoms with Crippen molar-refractivity contribution in [3.63, 3.8) is 0 Å². The van der Waals surface area contributed by atoms with Crippen LogP contribution in [0.5, 0.6) is 0 Å². The van der Waals surface area contributed by atoms with Crippen molar-refractivity contribution in [3.05, 3.63) is 47.3 Å². The minimum atomic E-state index is -1.86. The summed E-state index contributed by atoms with van der Waals surface area (Å²) in [6.07, 6.45) is 9.00. The minimum absolute atomic E-state index is 0.0128. The van der Waals surface area contributed by atoms with Gasteiger partial charge in [-0.2, -0.15) is 0 Å². The fourth-order valence-electron chi connectivity index (χ4n) is 7.97. The molecule has 2 aliphatic rings. The second-order valence-electron chi connectivity index (χ2n) is 16.7. The van der Waals surface area contributed by atoms with Crippen molar-refractivity contribution in [1.82, 2.24) is 0 Å². The van der Waals surface area contributed by atoms with Crippen LogP contribution in [0.25, 0.3) is 0 Å². The predicted molar refractivity (Wildman–Crippen MR) is 217 cm³/mol. The molecule has 12 atom stereocenters. The molecule has 0 aliphatic carbocycles. The van der Waals surface area contributed by atoms with Gasteiger partial charge < -0.3 is 38.6 Å². The van der Waals surface area contributed by atoms with Crippen molar-refractivity contribution < 1.29 is 53.0 Å². The predicted octanol–water partition coefficient (Wildman–Crippen LogP) is 8.17. The van der Waals surface area contributed by atoms with Crippen molar-refractivity contribution >= 4 is 17.9 Å². The van der Waals surface area contributed by atoms with Gasteiger partial charge in [-0.25, -0.2) is 4.79 Å². The largest absolute Gasteiger partial charge is 0.490 e. The standard InChI is InChI=1S/C45H74O11/c1-14-16-21-38(46)53-37-26-45(50,56-41(27(3)4)32(37)9)34(11)40(48)33(10)43-35(51-12)20-18-19-28(5)23-30(7)42(54-39(47)22-17-15-2)31(8)24-29(6)25-36(52-13)44(49)55-43/h18-20,24-25,27,30-35,37,40-43,48,50H,14-17,21-23,26H2,1-13H3/b20-18+,28-19+,29-24+,36-25-/t30-,31+,32-,33-,34-,35-,37+,40+,41+,42-,43+,45+/m0/s1. The maximum absolute atomic E-state index is 13.9. The highest BCUT2D eigenvalue weighted by Gasteiger charge is 2.53. The zero-order valence-corrected chi connectivity index (χ0v) is 36.5. The average Bonchev–Trinajstić information content (AvgIpc) is 3.14. The first-order chi connectivity index (χ1) is 26.3. The van der Waals surface area contributed by atoms with E-state index in [0.717, 1.165) is 24.8 Å². The molecule has 1 fully saturated rings. The molecule has 0 aromatic heterocycles. The Labute approximate surface area is 337 Å². The molecule has 11 nitrogen and oxygen atoms in total. The number of carbonyl (C=O) groups excluding carboxylic acids is 3. The maximum atomic E-state index is 13.9. The summed E-state index contributed by atoms with van der Waals surface area (Å²) >= 11 is 0. The highest BCUT2D eigenvalue weighted by atomic mass is 16.6. The molecule has 0 spiro atoms. The Hall–Kier alpha value is -2.99. The third-order valence-electron chi connectivity index (χ3n) is 11.4. The van der Waals surface area contributed by atoms with Crippen LogP contribution in [0.3, 0.4) is 0 Å². The van der Waals surface area contributed by atoms with E-state index >= 15 is 0 Å². The molecule has 2 heterocycles. The zero-order valence-electron chi connectivity index (χ0n) is 36.5. The fourth-order valence-corrected chi connectivity index (χ4v) is 7.97. The van der Waals surface area contributed by atoms with Gasteiger partial charge in [0, 0.05) is 50.0 Å². The Bertz CT molecular complexity index is 1380. The average molecular weight is 791 g/mol. The number of aliphatic hydroxyl groups excluding tert-OH is 1. The third kappa shape index (κ3) is 14.1. The van der Waals surface area contributed by atoms with Gasteiger partial charge >= 0.3 is 17.9 Å². The molecule has 0 amide bonds. The Morgan fingerprint density at radius 1 is 0.964 bits per heavy atom. The van der Waals surface area contributed by atoms with E-state index < -0.39 is 60.2 Å². The molecular formula is C45H74O11. The zero-order chi connectivity index (χ0) is 42.3. The van der Waals surface area contributed by atoms with Crippen LogP contribution in [0.2, 0.25) is 0 Å². The van der Waals surface area contributed by atoms with Crippen molar-refractivity contribution in [2.45, 2.75) is 170 Å². The number of aliphatic hydroxyl groups is 2. The molecule has 0 unspecified atom stereocenters. The normalized spacial score (nSPS) is 34.6. The summed E-state index contributed by atoms with van der Waals surface area (Å²) in [4.78, 5) is 39.4. The number of cyclic esters (lactones) is 1. The molecular weight excluding hydrogens is 716 g/mol. The molecule has 0 aromatic carbocycles. The number of hydrogen-bond acceptors (Lipinski definition) is 11. The quantitative estimate of drug-likeness (QED) is 0.122. The van der Waals surface area contributed by atoms with E-state index in [1.54, 1.807) is 26.0 Å². The lowest BCUT2D eigenvalue weighted by Crippen LogP contribution is -2.59. The van der Waals surface area contributed by atoms with Crippen LogP contribution >= 0.6 is 0 Å². The van der Waals surface area contributed by atoms with Crippen LogP contribution in [0.4, 0.5) is 0 Å². The van der Waals surface area contributed by atoms with E-state index in [-0.39, 0.29) is 54.2 Å². The Kier molecular flexibility index (Phi) is 20.6. The number of methoxy groups -OCH3 is 2. The highest BCUT2D eigenvalue weighted by Crippen LogP contribution is 2.43. The van der Waals surface area contributed by atoms with Gasteiger partial charge in [-0.3, -0.25) is 9.59 Å². The topological polar surface area (TPSA) is 147 Å². The molecule has 0 bridgehead atoms. The summed E-state index contributed by atoms with van der Waals surface area (Å²) in [5.74, 6) is -5.33. The van der Waals surface area contributed by atoms with Crippen molar-refractivity contribution in [2.24, 2.45) is 35.5 Å². The van der Waals surface area contributed by atoms with Crippen LogP contribution in [-0.2, 0) is 42.8 Å². The van der Waals surface area contributed by atoms with Gasteiger partial charge in [0.15, 0.2) is 5.79 Å². The number of unbranched alkanes of at least 4 members (excludes halogenated alkanes) is 2. The monoisotopic (exact) mass is 791 g/mol. The van der Waals surface area contributed by atoms with E-state index in [4.69, 9.17) is 28.4 Å². The lowest BCUT2D eigenvalue weighted by atomic mass is 9.76. The smallest absolute Gasteiger partial charge is 0.373 e. The van der Waals surface area contributed by atoms with Gasteiger partial charge in [0.1, 0.15) is 24.4 Å². The molecule has 2 aliphatic heterocycles. The van der Waals surface area contributed by atoms with Crippen LogP contribution in [0, 0.1) is 35.5 Å². The number of esters is 3. The van der Waals surface area contributed by atoms with Gasteiger partial charge in [-0.15, -0.1) is 0 Å². The van der Waals surface area contributed by atoms with Gasteiger partial charge in [-0.1, -0.05) is 111 Å². The first-order valence-electron chi connectivity index (χ1n) is 20.8. The summed E-state index contributed by atoms with van der Waals surface area (Å²) in [6, 6.07) is 0. The summed E-state index contributed by atoms with van der Waals surface area (Å²) in [6.45, 7) is 21.3. The number of hydrogen-bond donors (Lipinski definition) is 2. The molecule has 2 N–H and O–H groups in total. The Morgan fingerprint density at radius 2 is 1.57 bits per heavy atom. The van der Waals surface area contributed by atoms with Crippen molar-refractivity contribution in [3.8, 4) is 0 Å². The fraction of sp³-hybridized carbons (Fsp3) is 0.756. The SMILES string of the molecule is CCCCC(=O)O[C@@H]1[C@H](C)/C=C(C)/C=C(\OC)C(=O)O[C@H]([C@@H](C)[C@@H](O)[C@H](C)[C@@]2(O)C[C@@H](OC(=O)CCCC)[C@H](C)[C@@H](C(C)C)O2)[C@@H](OC)/C=C/C=C(\C)C[C@@H]1C. The van der Waals surface area contributed by atoms with Crippen LogP contribution in [-0.4, -0.2) is 84.8 Å². The van der Waals surface area contributed by atoms with Gasteiger partial charge in [0.25, 0.3) is 0 Å². The van der Waals surface area contributed by atoms with Gasteiger partial charge in [0.2, 0.25) is 5.76 Å². The second kappa shape index (κ2) is 23.4. The lowest BCUT2D eigenvalue weighted by Gasteiger charge is -2.50. The van der Waals surface area contributed by atoms with E-state index in [9.17, 15) is 24.6 Å². The third-order valence-corrected chi connectivity index (χ3v) is 11.4. The van der Waals surface area contributed by atoms with E-state index in [1.165, 1.54) is 14.2 Å². The number of rotatable bonds is 15. The first-order valence-corrected chi connectivity index (χ1v) is 20.8. The minimum Gasteiger partial charge on any atom is -0.490 e. The van der Waals surface area contributed by atoms with Crippen LogP contribution < -0.4 is 0 Å². The molecule has 2 rings (SSSR count). The van der Waals surface area contributed by atoms with Gasteiger partial charge in [-0.05, 0) is 51.0 Å². The summed E-state index contributed by atoms with van der Waals surface area (Å²) in [5, 5.41) is 24.2. The van der Waals surface area contributed by atoms with E-state index in [1.807, 2.05) is 73.6 Å². The highest BCUT2D eigenvalue weighted by molar-refractivity contribution is 5.87. The van der Waals surface area contributed by atoms with Crippen molar-refractivity contribution in [1.29, 1.82) is 0 Å². The summed E-state index contributed by atoms with van der Waals surface area (Å²) in [7, 11) is 2.88. The van der Waals surface area contributed by atoms with Gasteiger partial charge in [0.05, 0.1) is 19.3 Å². The number of allylic oxidation sites excluding steroid dienone is 5. The molecule has 0 radical (unpaired) electrons. The molecule has 0 aromatic rings. The van der Waals surface area contributed by atoms with E-state index in [2.05, 4.69) is 6.92 Å². The number of carbonyl (C=O) groups is 3. The van der Waals surface area contributed by atoms with Crippen LogP contribution in [0.15, 0.2) is 47.3 Å². The molecule has 11 heteroatoms. The van der Waals surface area contributed by atoms with Crippen molar-refractivity contribution in [2.75, 3.05) is 14.2 Å². The summed E-state index contributed by atoms with van der Waals surface area (Å²) in [5.41, 5.74) is 1.76. The van der Waals surface area contributed by atoms with Crippen LogP contribution in [0.1, 0.15) is 128 Å².